The smallest absolute Gasteiger partial charge is 0.208 e. The Morgan fingerprint density at radius 3 is 3.00 bits per heavy atom. The molecule has 118 valence electrons. The summed E-state index contributed by atoms with van der Waals surface area (Å²) in [6, 6.07) is 8.24. The van der Waals surface area contributed by atoms with Crippen LogP contribution in [0.5, 0.6) is 0 Å². The van der Waals surface area contributed by atoms with E-state index < -0.39 is 0 Å². The molecule has 0 aliphatic carbocycles. The fourth-order valence-corrected chi connectivity index (χ4v) is 3.45. The minimum Gasteiger partial charge on any atom is -0.395 e. The predicted molar refractivity (Wildman–Crippen MR) is 84.7 cm³/mol. The van der Waals surface area contributed by atoms with E-state index in [4.69, 9.17) is 9.72 Å². The summed E-state index contributed by atoms with van der Waals surface area (Å²) in [6.07, 6.45) is 2.56. The van der Waals surface area contributed by atoms with Gasteiger partial charge >= 0.3 is 0 Å². The highest BCUT2D eigenvalue weighted by Crippen LogP contribution is 2.28. The number of aliphatic hydroxyl groups is 1. The molecule has 22 heavy (non-hydrogen) atoms. The Balaban J connectivity index is 1.68. The molecule has 6 heteroatoms. The van der Waals surface area contributed by atoms with Crippen LogP contribution in [0.15, 0.2) is 24.3 Å². The third kappa shape index (κ3) is 2.47. The van der Waals surface area contributed by atoms with Gasteiger partial charge in [0.2, 0.25) is 5.95 Å². The molecule has 1 fully saturated rings. The lowest BCUT2D eigenvalue weighted by atomic mass is 10.2. The van der Waals surface area contributed by atoms with Crippen molar-refractivity contribution in [2.45, 2.75) is 25.6 Å². The van der Waals surface area contributed by atoms with Crippen LogP contribution in [0.25, 0.3) is 11.0 Å². The van der Waals surface area contributed by atoms with Crippen LogP contribution in [0, 0.1) is 0 Å². The summed E-state index contributed by atoms with van der Waals surface area (Å²) in [4.78, 5) is 9.35. The average molecular weight is 302 g/mol. The zero-order valence-electron chi connectivity index (χ0n) is 12.7. The molecule has 6 nitrogen and oxygen atoms in total. The van der Waals surface area contributed by atoms with Crippen molar-refractivity contribution < 1.29 is 9.84 Å². The molecule has 1 saturated heterocycles. The fourth-order valence-electron chi connectivity index (χ4n) is 3.45. The summed E-state index contributed by atoms with van der Waals surface area (Å²) < 4.78 is 8.03. The molecule has 4 rings (SSSR count). The molecule has 2 aliphatic rings. The Kier molecular flexibility index (Phi) is 3.73. The number of β-amino-alcohol motifs (C(OH)–C–C–N with tert-alkyl or cyclic N) is 1. The van der Waals surface area contributed by atoms with Crippen LogP contribution < -0.4 is 4.90 Å². The van der Waals surface area contributed by atoms with E-state index in [0.717, 1.165) is 56.3 Å². The molecule has 0 bridgehead atoms. The third-order valence-electron chi connectivity index (χ3n) is 4.49. The molecule has 0 saturated carbocycles. The second kappa shape index (κ2) is 5.87. The van der Waals surface area contributed by atoms with Gasteiger partial charge in [0.05, 0.1) is 37.1 Å². The van der Waals surface area contributed by atoms with Crippen LogP contribution in [0.1, 0.15) is 12.8 Å². The van der Waals surface area contributed by atoms with E-state index in [1.165, 1.54) is 0 Å². The highest BCUT2D eigenvalue weighted by Gasteiger charge is 2.28. The molecule has 1 atom stereocenters. The Morgan fingerprint density at radius 2 is 2.18 bits per heavy atom. The van der Waals surface area contributed by atoms with E-state index in [2.05, 4.69) is 26.5 Å². The van der Waals surface area contributed by atoms with E-state index >= 15 is 0 Å². The highest BCUT2D eigenvalue weighted by atomic mass is 16.5. The molecular weight excluding hydrogens is 280 g/mol. The number of ether oxygens (including phenoxy) is 1. The van der Waals surface area contributed by atoms with Crippen LogP contribution in [-0.4, -0.2) is 58.6 Å². The fraction of sp³-hybridized carbons (Fsp3) is 0.562. The van der Waals surface area contributed by atoms with Crippen molar-refractivity contribution in [3.05, 3.63) is 24.3 Å². The standard InChI is InChI=1S/C16H22N4O2/c21-8-7-18-11-19(10-13-4-3-9-22-13)16-17-14-5-1-2-6-15(14)20(16)12-18/h1-2,5-6,13,21H,3-4,7-12H2. The van der Waals surface area contributed by atoms with Crippen molar-refractivity contribution in [3.8, 4) is 0 Å². The molecule has 1 aromatic heterocycles. The van der Waals surface area contributed by atoms with Gasteiger partial charge < -0.3 is 14.7 Å². The number of nitrogens with zero attached hydrogens (tertiary/aromatic N) is 4. The maximum atomic E-state index is 9.29. The number of hydrogen-bond donors (Lipinski definition) is 1. The van der Waals surface area contributed by atoms with E-state index in [0.29, 0.717) is 12.6 Å². The largest absolute Gasteiger partial charge is 0.395 e. The third-order valence-corrected chi connectivity index (χ3v) is 4.49. The number of para-hydroxylation sites is 2. The van der Waals surface area contributed by atoms with Gasteiger partial charge in [0.1, 0.15) is 0 Å². The first-order valence-corrected chi connectivity index (χ1v) is 8.00. The molecule has 2 aromatic rings. The Hall–Kier alpha value is -1.63. The number of rotatable bonds is 4. The second-order valence-electron chi connectivity index (χ2n) is 6.09. The van der Waals surface area contributed by atoms with Gasteiger partial charge in [-0.3, -0.25) is 9.47 Å². The first-order chi connectivity index (χ1) is 10.8. The number of benzene rings is 1. The summed E-state index contributed by atoms with van der Waals surface area (Å²) in [5, 5.41) is 9.29. The number of aliphatic hydroxyl groups excluding tert-OH is 1. The highest BCUT2D eigenvalue weighted by molar-refractivity contribution is 5.79. The molecule has 0 amide bonds. The van der Waals surface area contributed by atoms with Crippen molar-refractivity contribution in [2.24, 2.45) is 0 Å². The van der Waals surface area contributed by atoms with Gasteiger partial charge in [0.15, 0.2) is 0 Å². The summed E-state index contributed by atoms with van der Waals surface area (Å²) in [6.45, 7) is 4.16. The van der Waals surface area contributed by atoms with Crippen molar-refractivity contribution in [1.29, 1.82) is 0 Å². The lowest BCUT2D eigenvalue weighted by Crippen LogP contribution is -2.48. The molecule has 0 spiro atoms. The van der Waals surface area contributed by atoms with Gasteiger partial charge in [-0.15, -0.1) is 0 Å². The summed E-state index contributed by atoms with van der Waals surface area (Å²) in [5.74, 6) is 1.02. The van der Waals surface area contributed by atoms with Crippen molar-refractivity contribution in [3.63, 3.8) is 0 Å². The van der Waals surface area contributed by atoms with E-state index in [1.54, 1.807) is 0 Å². The second-order valence-corrected chi connectivity index (χ2v) is 6.09. The summed E-state index contributed by atoms with van der Waals surface area (Å²) >= 11 is 0. The van der Waals surface area contributed by atoms with E-state index in [-0.39, 0.29) is 6.61 Å². The SMILES string of the molecule is OCCN1CN(CC2CCCO2)c2nc3ccccc3n2C1. The first kappa shape index (κ1) is 14.0. The molecule has 1 unspecified atom stereocenters. The first-order valence-electron chi connectivity index (χ1n) is 8.00. The van der Waals surface area contributed by atoms with Gasteiger partial charge in [0, 0.05) is 19.7 Å². The molecule has 0 radical (unpaired) electrons. The molecule has 3 heterocycles. The maximum Gasteiger partial charge on any atom is 0.208 e. The van der Waals surface area contributed by atoms with E-state index in [9.17, 15) is 5.11 Å². The zero-order valence-corrected chi connectivity index (χ0v) is 12.7. The topological polar surface area (TPSA) is 53.8 Å². The van der Waals surface area contributed by atoms with Crippen LogP contribution in [0.3, 0.4) is 0 Å². The van der Waals surface area contributed by atoms with Crippen molar-refractivity contribution in [2.75, 3.05) is 37.9 Å². The van der Waals surface area contributed by atoms with Gasteiger partial charge in [-0.05, 0) is 25.0 Å². The lowest BCUT2D eigenvalue weighted by molar-refractivity contribution is 0.103. The maximum absolute atomic E-state index is 9.29. The molecule has 1 N–H and O–H groups in total. The van der Waals surface area contributed by atoms with Crippen LogP contribution in [-0.2, 0) is 11.4 Å². The predicted octanol–water partition coefficient (Wildman–Crippen LogP) is 1.24. The minimum atomic E-state index is 0.176. The van der Waals surface area contributed by atoms with Gasteiger partial charge in [-0.2, -0.15) is 0 Å². The molecule has 2 aliphatic heterocycles. The molecular formula is C16H22N4O2. The van der Waals surface area contributed by atoms with Gasteiger partial charge in [-0.1, -0.05) is 12.1 Å². The number of imidazole rings is 1. The van der Waals surface area contributed by atoms with Crippen LogP contribution >= 0.6 is 0 Å². The van der Waals surface area contributed by atoms with Gasteiger partial charge in [-0.25, -0.2) is 4.98 Å². The Morgan fingerprint density at radius 1 is 1.27 bits per heavy atom. The summed E-state index contributed by atoms with van der Waals surface area (Å²) in [5.41, 5.74) is 2.18. The summed E-state index contributed by atoms with van der Waals surface area (Å²) in [7, 11) is 0. The monoisotopic (exact) mass is 302 g/mol. The Bertz CT molecular complexity index is 651. The van der Waals surface area contributed by atoms with Crippen molar-refractivity contribution >= 4 is 17.0 Å². The zero-order chi connectivity index (χ0) is 14.9. The van der Waals surface area contributed by atoms with Gasteiger partial charge in [0.25, 0.3) is 0 Å². The molecule has 1 aromatic carbocycles. The number of fused-ring (bicyclic) bond motifs is 3. The van der Waals surface area contributed by atoms with Crippen molar-refractivity contribution in [1.82, 2.24) is 14.5 Å². The quantitative estimate of drug-likeness (QED) is 0.921. The average Bonchev–Trinajstić information content (AvgIpc) is 3.15. The Labute approximate surface area is 129 Å². The number of aromatic nitrogens is 2. The van der Waals surface area contributed by atoms with Crippen LogP contribution in [0.4, 0.5) is 5.95 Å². The van der Waals surface area contributed by atoms with Crippen LogP contribution in [0.2, 0.25) is 0 Å². The van der Waals surface area contributed by atoms with E-state index in [1.807, 2.05) is 12.1 Å². The normalized spacial score (nSPS) is 22.4. The number of anilines is 1. The number of hydrogen-bond acceptors (Lipinski definition) is 5. The minimum absolute atomic E-state index is 0.176. The lowest BCUT2D eigenvalue weighted by Gasteiger charge is -2.37.